The van der Waals surface area contributed by atoms with Crippen molar-refractivity contribution in [1.29, 1.82) is 0 Å². The lowest BCUT2D eigenvalue weighted by atomic mass is 10.3. The van der Waals surface area contributed by atoms with E-state index in [1.807, 2.05) is 6.07 Å². The summed E-state index contributed by atoms with van der Waals surface area (Å²) in [4.78, 5) is 13.5. The third-order valence-corrected chi connectivity index (χ3v) is 2.94. The molecule has 0 aromatic carbocycles. The second-order valence-electron chi connectivity index (χ2n) is 3.69. The van der Waals surface area contributed by atoms with E-state index >= 15 is 0 Å². The topological polar surface area (TPSA) is 82.9 Å². The molecule has 17 heavy (non-hydrogen) atoms. The smallest absolute Gasteiger partial charge is 0.304 e. The summed E-state index contributed by atoms with van der Waals surface area (Å²) in [7, 11) is 0. The number of thiazole rings is 1. The Morgan fingerprint density at radius 1 is 1.65 bits per heavy atom. The minimum Gasteiger partial charge on any atom is -0.390 e. The Bertz CT molecular complexity index is 490. The number of aromatic nitrogens is 3. The molecule has 6 nitrogen and oxygen atoms in total. The lowest BCUT2D eigenvalue weighted by molar-refractivity contribution is 0.146. The molecule has 2 aromatic rings. The largest absolute Gasteiger partial charge is 0.390 e. The highest BCUT2D eigenvalue weighted by molar-refractivity contribution is 7.07. The van der Waals surface area contributed by atoms with Crippen molar-refractivity contribution in [2.45, 2.75) is 19.2 Å². The summed E-state index contributed by atoms with van der Waals surface area (Å²) in [6.45, 7) is 1.47. The molecule has 0 saturated carbocycles. The molecule has 92 valence electrons. The van der Waals surface area contributed by atoms with Crippen LogP contribution in [0.15, 0.2) is 28.6 Å². The second kappa shape index (κ2) is 5.76. The Hall–Kier alpha value is -1.44. The molecule has 2 aromatic heterocycles. The zero-order valence-corrected chi connectivity index (χ0v) is 9.98. The van der Waals surface area contributed by atoms with Gasteiger partial charge in [0.15, 0.2) is 0 Å². The van der Waals surface area contributed by atoms with E-state index < -0.39 is 6.10 Å². The molecule has 1 atom stereocenters. The Labute approximate surface area is 102 Å². The molecule has 3 N–H and O–H groups in total. The van der Waals surface area contributed by atoms with Crippen LogP contribution in [0.4, 0.5) is 0 Å². The van der Waals surface area contributed by atoms with Crippen LogP contribution >= 0.6 is 11.3 Å². The van der Waals surface area contributed by atoms with Crippen LogP contribution in [-0.2, 0) is 13.1 Å². The average Bonchev–Trinajstić information content (AvgIpc) is 2.90. The van der Waals surface area contributed by atoms with Gasteiger partial charge in [0.25, 0.3) is 0 Å². The van der Waals surface area contributed by atoms with Gasteiger partial charge in [-0.25, -0.2) is 0 Å². The number of nitrogens with one attached hydrogen (secondary N) is 2. The van der Waals surface area contributed by atoms with Gasteiger partial charge < -0.3 is 15.4 Å². The van der Waals surface area contributed by atoms with Crippen LogP contribution in [-0.4, -0.2) is 32.5 Å². The number of aromatic amines is 1. The highest BCUT2D eigenvalue weighted by atomic mass is 32.1. The molecule has 1 unspecified atom stereocenters. The Kier molecular flexibility index (Phi) is 4.08. The van der Waals surface area contributed by atoms with Crippen molar-refractivity contribution in [3.8, 4) is 0 Å². The van der Waals surface area contributed by atoms with Gasteiger partial charge in [0.05, 0.1) is 12.6 Å². The number of aliphatic hydroxyl groups is 1. The van der Waals surface area contributed by atoms with Gasteiger partial charge in [-0.1, -0.05) is 11.3 Å². The highest BCUT2D eigenvalue weighted by Gasteiger charge is 2.05. The fourth-order valence-corrected chi connectivity index (χ4v) is 2.04. The van der Waals surface area contributed by atoms with Gasteiger partial charge in [-0.05, 0) is 6.07 Å². The number of hydrogen-bond donors (Lipinski definition) is 3. The first-order valence-electron chi connectivity index (χ1n) is 5.27. The summed E-state index contributed by atoms with van der Waals surface area (Å²) in [5.41, 5.74) is 0.839. The van der Waals surface area contributed by atoms with E-state index in [0.717, 1.165) is 17.0 Å². The summed E-state index contributed by atoms with van der Waals surface area (Å²) >= 11 is 1.14. The molecule has 0 fully saturated rings. The predicted octanol–water partition coefficient (Wildman–Crippen LogP) is -0.216. The quantitative estimate of drug-likeness (QED) is 0.666. The lowest BCUT2D eigenvalue weighted by Gasteiger charge is -2.11. The van der Waals surface area contributed by atoms with Gasteiger partial charge in [-0.2, -0.15) is 5.10 Å². The average molecular weight is 254 g/mol. The van der Waals surface area contributed by atoms with Crippen molar-refractivity contribution in [2.24, 2.45) is 0 Å². The first-order chi connectivity index (χ1) is 8.24. The maximum absolute atomic E-state index is 10.9. The molecule has 0 bridgehead atoms. The van der Waals surface area contributed by atoms with Gasteiger partial charge in [-0.3, -0.25) is 9.48 Å². The van der Waals surface area contributed by atoms with Crippen molar-refractivity contribution in [2.75, 3.05) is 6.54 Å². The van der Waals surface area contributed by atoms with Gasteiger partial charge in [0.2, 0.25) is 0 Å². The van der Waals surface area contributed by atoms with Crippen LogP contribution in [0.2, 0.25) is 0 Å². The maximum atomic E-state index is 10.9. The number of H-pyrrole nitrogens is 1. The van der Waals surface area contributed by atoms with E-state index in [9.17, 15) is 9.90 Å². The molecule has 0 saturated heterocycles. The normalized spacial score (nSPS) is 12.8. The van der Waals surface area contributed by atoms with Crippen LogP contribution in [0.3, 0.4) is 0 Å². The van der Waals surface area contributed by atoms with E-state index in [0.29, 0.717) is 19.6 Å². The minimum absolute atomic E-state index is 0.0566. The molecule has 2 rings (SSSR count). The highest BCUT2D eigenvalue weighted by Crippen LogP contribution is 1.95. The molecule has 7 heteroatoms. The minimum atomic E-state index is -0.500. The van der Waals surface area contributed by atoms with Crippen LogP contribution in [0.5, 0.6) is 0 Å². The van der Waals surface area contributed by atoms with Crippen LogP contribution in [0.25, 0.3) is 0 Å². The summed E-state index contributed by atoms with van der Waals surface area (Å²) in [6.07, 6.45) is 2.98. The molecular formula is C10H14N4O2S. The number of nitrogens with zero attached hydrogens (tertiary/aromatic N) is 2. The first-order valence-corrected chi connectivity index (χ1v) is 6.15. The standard InChI is InChI=1S/C10H14N4O2S/c15-9(6-14-3-1-2-12-14)5-11-4-8-7-17-10(16)13-8/h1-3,7,9,11,15H,4-6H2,(H,13,16). The third kappa shape index (κ3) is 3.81. The molecule has 2 heterocycles. The number of hydrogen-bond acceptors (Lipinski definition) is 5. The summed E-state index contributed by atoms with van der Waals surface area (Å²) < 4.78 is 1.68. The van der Waals surface area contributed by atoms with Gasteiger partial charge in [0, 0.05) is 36.6 Å². The van der Waals surface area contributed by atoms with Crippen LogP contribution in [0.1, 0.15) is 5.69 Å². The van der Waals surface area contributed by atoms with Crippen molar-refractivity contribution in [1.82, 2.24) is 20.1 Å². The summed E-state index contributed by atoms with van der Waals surface area (Å²) in [5.74, 6) is 0. The van der Waals surface area contributed by atoms with E-state index in [-0.39, 0.29) is 4.87 Å². The predicted molar refractivity (Wildman–Crippen MR) is 64.9 cm³/mol. The van der Waals surface area contributed by atoms with Gasteiger partial charge >= 0.3 is 4.87 Å². The van der Waals surface area contributed by atoms with Crippen LogP contribution < -0.4 is 10.2 Å². The van der Waals surface area contributed by atoms with Gasteiger partial charge in [0.1, 0.15) is 0 Å². The third-order valence-electron chi connectivity index (χ3n) is 2.22. The summed E-state index contributed by atoms with van der Waals surface area (Å²) in [6, 6.07) is 1.82. The van der Waals surface area contributed by atoms with Gasteiger partial charge in [-0.15, -0.1) is 0 Å². The monoisotopic (exact) mass is 254 g/mol. The van der Waals surface area contributed by atoms with E-state index in [1.165, 1.54) is 0 Å². The van der Waals surface area contributed by atoms with Crippen molar-refractivity contribution in [3.05, 3.63) is 39.2 Å². The molecule has 0 aliphatic heterocycles. The Morgan fingerprint density at radius 3 is 3.18 bits per heavy atom. The molecule has 0 radical (unpaired) electrons. The zero-order valence-electron chi connectivity index (χ0n) is 9.17. The Morgan fingerprint density at radius 2 is 2.53 bits per heavy atom. The first kappa shape index (κ1) is 12.0. The van der Waals surface area contributed by atoms with Crippen molar-refractivity contribution < 1.29 is 5.11 Å². The lowest BCUT2D eigenvalue weighted by Crippen LogP contribution is -2.30. The van der Waals surface area contributed by atoms with E-state index in [2.05, 4.69) is 15.4 Å². The number of rotatable bonds is 6. The number of aliphatic hydroxyl groups excluding tert-OH is 1. The zero-order chi connectivity index (χ0) is 12.1. The molecular weight excluding hydrogens is 240 g/mol. The molecule has 0 spiro atoms. The maximum Gasteiger partial charge on any atom is 0.304 e. The van der Waals surface area contributed by atoms with Crippen molar-refractivity contribution in [3.63, 3.8) is 0 Å². The van der Waals surface area contributed by atoms with Crippen LogP contribution in [0, 0.1) is 0 Å². The van der Waals surface area contributed by atoms with E-state index in [4.69, 9.17) is 0 Å². The van der Waals surface area contributed by atoms with Crippen molar-refractivity contribution >= 4 is 11.3 Å². The molecule has 0 amide bonds. The fraction of sp³-hybridized carbons (Fsp3) is 0.400. The molecule has 0 aliphatic rings. The molecule has 0 aliphatic carbocycles. The second-order valence-corrected chi connectivity index (χ2v) is 4.53. The van der Waals surface area contributed by atoms with E-state index in [1.54, 1.807) is 22.5 Å². The Balaban J connectivity index is 1.69. The SMILES string of the molecule is O=c1[nH]c(CNCC(O)Cn2cccn2)cs1. The fourth-order valence-electron chi connectivity index (χ4n) is 1.46. The summed E-state index contributed by atoms with van der Waals surface area (Å²) in [5, 5.41) is 18.6.